The van der Waals surface area contributed by atoms with Gasteiger partial charge in [-0.05, 0) is 55.4 Å². The summed E-state index contributed by atoms with van der Waals surface area (Å²) in [5.74, 6) is 2.93. The molecule has 3 heteroatoms. The van der Waals surface area contributed by atoms with Crippen molar-refractivity contribution < 1.29 is 0 Å². The Bertz CT molecular complexity index is 474. The topological polar surface area (TPSA) is 29.3 Å². The summed E-state index contributed by atoms with van der Waals surface area (Å²) in [5.41, 5.74) is 8.64. The van der Waals surface area contributed by atoms with Gasteiger partial charge in [-0.3, -0.25) is 0 Å². The van der Waals surface area contributed by atoms with Crippen LogP contribution in [-0.4, -0.2) is 19.8 Å². The molecule has 0 amide bonds. The molecule has 3 rings (SSSR count). The van der Waals surface area contributed by atoms with E-state index in [1.54, 1.807) is 11.8 Å². The number of anilines is 1. The van der Waals surface area contributed by atoms with Crippen LogP contribution < -0.4 is 10.6 Å². The van der Waals surface area contributed by atoms with E-state index in [1.807, 2.05) is 0 Å². The smallest absolute Gasteiger partial charge is 0.0420 e. The minimum Gasteiger partial charge on any atom is -0.374 e. The van der Waals surface area contributed by atoms with Crippen LogP contribution in [0.1, 0.15) is 31.2 Å². The highest BCUT2D eigenvalue weighted by Crippen LogP contribution is 2.48. The average molecular weight is 290 g/mol. The van der Waals surface area contributed by atoms with Gasteiger partial charge in [0.05, 0.1) is 0 Å². The van der Waals surface area contributed by atoms with E-state index in [9.17, 15) is 0 Å². The van der Waals surface area contributed by atoms with Crippen LogP contribution in [0, 0.1) is 17.8 Å². The number of rotatable bonds is 5. The molecule has 0 aliphatic heterocycles. The highest BCUT2D eigenvalue weighted by Gasteiger charge is 2.39. The van der Waals surface area contributed by atoms with Crippen molar-refractivity contribution in [1.29, 1.82) is 0 Å². The first-order valence-corrected chi connectivity index (χ1v) is 9.02. The molecule has 2 bridgehead atoms. The summed E-state index contributed by atoms with van der Waals surface area (Å²) in [6.07, 6.45) is 8.04. The molecule has 2 aliphatic carbocycles. The van der Waals surface area contributed by atoms with Crippen molar-refractivity contribution in [2.75, 3.05) is 24.7 Å². The first-order chi connectivity index (χ1) is 9.72. The maximum absolute atomic E-state index is 5.99. The summed E-state index contributed by atoms with van der Waals surface area (Å²) in [6, 6.07) is 6.58. The van der Waals surface area contributed by atoms with Gasteiger partial charge in [-0.2, -0.15) is 0 Å². The molecule has 2 saturated carbocycles. The molecule has 0 spiro atoms. The van der Waals surface area contributed by atoms with Crippen molar-refractivity contribution in [2.45, 2.75) is 37.1 Å². The van der Waals surface area contributed by atoms with Crippen LogP contribution in [0.4, 0.5) is 5.69 Å². The fourth-order valence-corrected chi connectivity index (χ4v) is 5.01. The summed E-state index contributed by atoms with van der Waals surface area (Å²) in [7, 11) is 2.24. The maximum atomic E-state index is 5.99. The van der Waals surface area contributed by atoms with E-state index in [4.69, 9.17) is 5.73 Å². The van der Waals surface area contributed by atoms with Crippen LogP contribution in [0.2, 0.25) is 0 Å². The second-order valence-corrected chi connectivity index (χ2v) is 7.33. The molecule has 0 saturated heterocycles. The lowest BCUT2D eigenvalue weighted by Crippen LogP contribution is -2.29. The van der Waals surface area contributed by atoms with Crippen molar-refractivity contribution in [1.82, 2.24) is 0 Å². The highest BCUT2D eigenvalue weighted by molar-refractivity contribution is 7.98. The van der Waals surface area contributed by atoms with Crippen molar-refractivity contribution in [3.05, 3.63) is 23.8 Å². The molecule has 2 N–H and O–H groups in total. The standard InChI is InChI=1S/C17H26N2S/c1-19(11-14-9-12-6-7-13(14)8-12)16-4-3-5-17(20-2)15(16)10-18/h3-5,12-14H,6-11,18H2,1-2H3. The molecule has 2 aliphatic rings. The highest BCUT2D eigenvalue weighted by atomic mass is 32.2. The number of hydrogen-bond donors (Lipinski definition) is 1. The normalized spacial score (nSPS) is 28.1. The Hall–Kier alpha value is -0.670. The van der Waals surface area contributed by atoms with Crippen LogP contribution in [-0.2, 0) is 6.54 Å². The Labute approximate surface area is 127 Å². The van der Waals surface area contributed by atoms with Crippen molar-refractivity contribution in [3.63, 3.8) is 0 Å². The Morgan fingerprint density at radius 3 is 2.75 bits per heavy atom. The lowest BCUT2D eigenvalue weighted by atomic mass is 9.88. The Morgan fingerprint density at radius 2 is 2.15 bits per heavy atom. The largest absolute Gasteiger partial charge is 0.374 e. The third kappa shape index (κ3) is 2.58. The first-order valence-electron chi connectivity index (χ1n) is 7.80. The lowest BCUT2D eigenvalue weighted by Gasteiger charge is -2.30. The number of benzene rings is 1. The number of thioether (sulfide) groups is 1. The van der Waals surface area contributed by atoms with E-state index < -0.39 is 0 Å². The van der Waals surface area contributed by atoms with E-state index in [-0.39, 0.29) is 0 Å². The molecule has 3 atom stereocenters. The molecule has 110 valence electrons. The number of fused-ring (bicyclic) bond motifs is 2. The first kappa shape index (κ1) is 14.3. The molecule has 0 radical (unpaired) electrons. The van der Waals surface area contributed by atoms with Gasteiger partial charge in [0.15, 0.2) is 0 Å². The van der Waals surface area contributed by atoms with E-state index >= 15 is 0 Å². The van der Waals surface area contributed by atoms with Crippen molar-refractivity contribution >= 4 is 17.4 Å². The van der Waals surface area contributed by atoms with E-state index in [0.717, 1.165) is 17.8 Å². The predicted octanol–water partition coefficient (Wildman–Crippen LogP) is 3.74. The summed E-state index contributed by atoms with van der Waals surface area (Å²) in [5, 5.41) is 0. The minimum absolute atomic E-state index is 0.632. The molecule has 0 heterocycles. The Morgan fingerprint density at radius 1 is 1.30 bits per heavy atom. The van der Waals surface area contributed by atoms with Crippen LogP contribution >= 0.6 is 11.8 Å². The molecule has 2 nitrogen and oxygen atoms in total. The third-order valence-corrected chi connectivity index (χ3v) is 6.16. The maximum Gasteiger partial charge on any atom is 0.0420 e. The number of nitrogens with zero attached hydrogens (tertiary/aromatic N) is 1. The summed E-state index contributed by atoms with van der Waals surface area (Å²) >= 11 is 1.80. The second-order valence-electron chi connectivity index (χ2n) is 6.48. The van der Waals surface area contributed by atoms with E-state index in [1.165, 1.54) is 48.4 Å². The summed E-state index contributed by atoms with van der Waals surface area (Å²) < 4.78 is 0. The zero-order valence-electron chi connectivity index (χ0n) is 12.6. The molecule has 1 aromatic rings. The van der Waals surface area contributed by atoms with Gasteiger partial charge >= 0.3 is 0 Å². The van der Waals surface area contributed by atoms with Gasteiger partial charge in [-0.25, -0.2) is 0 Å². The minimum atomic E-state index is 0.632. The Kier molecular flexibility index (Phi) is 4.27. The van der Waals surface area contributed by atoms with Gasteiger partial charge in [0, 0.05) is 36.3 Å². The van der Waals surface area contributed by atoms with Gasteiger partial charge in [0.25, 0.3) is 0 Å². The van der Waals surface area contributed by atoms with Gasteiger partial charge in [0.2, 0.25) is 0 Å². The molecule has 20 heavy (non-hydrogen) atoms. The summed E-state index contributed by atoms with van der Waals surface area (Å²) in [6.45, 7) is 1.83. The molecular weight excluding hydrogens is 264 g/mol. The Balaban J connectivity index is 1.75. The SMILES string of the molecule is CSc1cccc(N(C)CC2CC3CCC2C3)c1CN. The summed E-state index contributed by atoms with van der Waals surface area (Å²) in [4.78, 5) is 3.78. The number of nitrogens with two attached hydrogens (primary N) is 1. The van der Waals surface area contributed by atoms with Gasteiger partial charge in [-0.1, -0.05) is 12.5 Å². The number of hydrogen-bond acceptors (Lipinski definition) is 3. The zero-order chi connectivity index (χ0) is 14.1. The average Bonchev–Trinajstić information content (AvgIpc) is 3.08. The molecular formula is C17H26N2S. The van der Waals surface area contributed by atoms with E-state index in [2.05, 4.69) is 36.4 Å². The van der Waals surface area contributed by atoms with Gasteiger partial charge in [-0.15, -0.1) is 11.8 Å². The third-order valence-electron chi connectivity index (χ3n) is 5.34. The van der Waals surface area contributed by atoms with Crippen molar-refractivity contribution in [3.8, 4) is 0 Å². The van der Waals surface area contributed by atoms with E-state index in [0.29, 0.717) is 6.54 Å². The predicted molar refractivity (Wildman–Crippen MR) is 88.3 cm³/mol. The molecule has 1 aromatic carbocycles. The molecule has 2 fully saturated rings. The fourth-order valence-electron chi connectivity index (χ4n) is 4.36. The van der Waals surface area contributed by atoms with Crippen LogP contribution in [0.5, 0.6) is 0 Å². The second kappa shape index (κ2) is 5.98. The van der Waals surface area contributed by atoms with Gasteiger partial charge in [0.1, 0.15) is 0 Å². The molecule has 0 aromatic heterocycles. The fraction of sp³-hybridized carbons (Fsp3) is 0.647. The lowest BCUT2D eigenvalue weighted by molar-refractivity contribution is 0.337. The quantitative estimate of drug-likeness (QED) is 0.838. The molecule has 3 unspecified atom stereocenters. The monoisotopic (exact) mass is 290 g/mol. The van der Waals surface area contributed by atoms with Crippen molar-refractivity contribution in [2.24, 2.45) is 23.5 Å². The zero-order valence-corrected chi connectivity index (χ0v) is 13.5. The van der Waals surface area contributed by atoms with Gasteiger partial charge < -0.3 is 10.6 Å². The van der Waals surface area contributed by atoms with Crippen LogP contribution in [0.25, 0.3) is 0 Å². The van der Waals surface area contributed by atoms with Crippen LogP contribution in [0.15, 0.2) is 23.1 Å². The van der Waals surface area contributed by atoms with Crippen LogP contribution in [0.3, 0.4) is 0 Å².